The van der Waals surface area contributed by atoms with E-state index in [1.54, 1.807) is 18.2 Å². The van der Waals surface area contributed by atoms with Crippen LogP contribution in [0.2, 0.25) is 0 Å². The minimum atomic E-state index is -0.478. The molecule has 1 aliphatic rings. The first-order chi connectivity index (χ1) is 14.7. The Bertz CT molecular complexity index is 1320. The van der Waals surface area contributed by atoms with Gasteiger partial charge in [-0.1, -0.05) is 48.5 Å². The lowest BCUT2D eigenvalue weighted by atomic mass is 10.1. The predicted octanol–water partition coefficient (Wildman–Crippen LogP) is 3.43. The van der Waals surface area contributed by atoms with Gasteiger partial charge in [-0.05, 0) is 18.2 Å². The van der Waals surface area contributed by atoms with Crippen LogP contribution in [-0.2, 0) is 11.3 Å². The van der Waals surface area contributed by atoms with Crippen LogP contribution in [0.25, 0.3) is 22.2 Å². The molecule has 7 heteroatoms. The van der Waals surface area contributed by atoms with Gasteiger partial charge in [-0.2, -0.15) is 4.98 Å². The summed E-state index contributed by atoms with van der Waals surface area (Å²) in [6, 6.07) is 22.1. The first-order valence-electron chi connectivity index (χ1n) is 9.43. The standard InChI is InChI=1S/C23H17N3O4/c27-21(24-16-10-11-19-20(12-16)30-14-29-19)13-26-18-9-5-4-8-17(18)22(25-23(26)28)15-6-2-1-3-7-15/h1-12H,13-14H2,(H,24,27). The number of aromatic nitrogens is 2. The fourth-order valence-electron chi connectivity index (χ4n) is 3.52. The number of benzene rings is 3. The molecule has 1 N–H and O–H groups in total. The molecular formula is C23H17N3O4. The second-order valence-corrected chi connectivity index (χ2v) is 6.83. The minimum absolute atomic E-state index is 0.157. The van der Waals surface area contributed by atoms with Crippen LogP contribution in [0, 0.1) is 0 Å². The molecule has 0 spiro atoms. The third kappa shape index (κ3) is 3.26. The van der Waals surface area contributed by atoms with Crippen LogP contribution in [0.15, 0.2) is 77.6 Å². The molecule has 4 aromatic rings. The van der Waals surface area contributed by atoms with Crippen molar-refractivity contribution in [3.8, 4) is 22.8 Å². The molecule has 0 radical (unpaired) electrons. The number of hydrogen-bond donors (Lipinski definition) is 1. The maximum Gasteiger partial charge on any atom is 0.349 e. The highest BCUT2D eigenvalue weighted by Crippen LogP contribution is 2.34. The number of ether oxygens (including phenoxy) is 2. The zero-order valence-corrected chi connectivity index (χ0v) is 15.9. The summed E-state index contributed by atoms with van der Waals surface area (Å²) in [4.78, 5) is 29.7. The third-order valence-corrected chi connectivity index (χ3v) is 4.89. The Balaban J connectivity index is 1.48. The summed E-state index contributed by atoms with van der Waals surface area (Å²) in [7, 11) is 0. The summed E-state index contributed by atoms with van der Waals surface area (Å²) in [5.74, 6) is 0.871. The number of carbonyl (C=O) groups excluding carboxylic acids is 1. The molecule has 0 fully saturated rings. The maximum absolute atomic E-state index is 12.8. The molecule has 0 atom stereocenters. The molecule has 3 aromatic carbocycles. The van der Waals surface area contributed by atoms with Crippen molar-refractivity contribution in [2.45, 2.75) is 6.54 Å². The van der Waals surface area contributed by atoms with Crippen molar-refractivity contribution in [2.24, 2.45) is 0 Å². The highest BCUT2D eigenvalue weighted by Gasteiger charge is 2.16. The molecule has 1 aromatic heterocycles. The molecule has 5 rings (SSSR count). The van der Waals surface area contributed by atoms with E-state index in [2.05, 4.69) is 10.3 Å². The zero-order chi connectivity index (χ0) is 20.5. The highest BCUT2D eigenvalue weighted by molar-refractivity contribution is 5.95. The van der Waals surface area contributed by atoms with E-state index in [1.165, 1.54) is 4.57 Å². The van der Waals surface area contributed by atoms with Crippen LogP contribution in [0.5, 0.6) is 11.5 Å². The number of hydrogen-bond acceptors (Lipinski definition) is 5. The smallest absolute Gasteiger partial charge is 0.349 e. The number of nitrogens with one attached hydrogen (secondary N) is 1. The number of amides is 1. The molecule has 1 amide bonds. The summed E-state index contributed by atoms with van der Waals surface area (Å²) in [5, 5.41) is 3.60. The van der Waals surface area contributed by atoms with E-state index < -0.39 is 5.69 Å². The summed E-state index contributed by atoms with van der Waals surface area (Å²) in [6.45, 7) is 0.00338. The molecule has 0 unspecified atom stereocenters. The van der Waals surface area contributed by atoms with E-state index in [0.29, 0.717) is 28.4 Å². The Morgan fingerprint density at radius 2 is 1.73 bits per heavy atom. The van der Waals surface area contributed by atoms with E-state index >= 15 is 0 Å². The molecule has 0 saturated carbocycles. The first kappa shape index (κ1) is 17.9. The van der Waals surface area contributed by atoms with E-state index in [4.69, 9.17) is 9.47 Å². The molecular weight excluding hydrogens is 382 g/mol. The Morgan fingerprint density at radius 3 is 2.60 bits per heavy atom. The molecule has 7 nitrogen and oxygen atoms in total. The fourth-order valence-corrected chi connectivity index (χ4v) is 3.52. The van der Waals surface area contributed by atoms with Crippen molar-refractivity contribution in [1.29, 1.82) is 0 Å². The monoisotopic (exact) mass is 399 g/mol. The summed E-state index contributed by atoms with van der Waals surface area (Å²) >= 11 is 0. The van der Waals surface area contributed by atoms with Crippen molar-refractivity contribution >= 4 is 22.5 Å². The topological polar surface area (TPSA) is 82.5 Å². The number of fused-ring (bicyclic) bond motifs is 2. The summed E-state index contributed by atoms with van der Waals surface area (Å²) in [5.41, 5.74) is 2.19. The van der Waals surface area contributed by atoms with Crippen LogP contribution in [0.3, 0.4) is 0 Å². The van der Waals surface area contributed by atoms with Gasteiger partial charge >= 0.3 is 5.69 Å². The van der Waals surface area contributed by atoms with E-state index in [-0.39, 0.29) is 19.2 Å². The molecule has 2 heterocycles. The Labute approximate surface area is 171 Å². The lowest BCUT2D eigenvalue weighted by Gasteiger charge is -2.13. The van der Waals surface area contributed by atoms with Crippen molar-refractivity contribution in [3.05, 3.63) is 83.3 Å². The number of carbonyl (C=O) groups is 1. The normalized spacial score (nSPS) is 12.1. The number of anilines is 1. The maximum atomic E-state index is 12.8. The Morgan fingerprint density at radius 1 is 0.967 bits per heavy atom. The lowest BCUT2D eigenvalue weighted by Crippen LogP contribution is -2.30. The van der Waals surface area contributed by atoms with E-state index in [9.17, 15) is 9.59 Å². The highest BCUT2D eigenvalue weighted by atomic mass is 16.7. The largest absolute Gasteiger partial charge is 0.454 e. The average molecular weight is 399 g/mol. The number of nitrogens with zero attached hydrogens (tertiary/aromatic N) is 2. The molecule has 0 aliphatic carbocycles. The molecule has 1 aliphatic heterocycles. The van der Waals surface area contributed by atoms with Gasteiger partial charge in [0, 0.05) is 22.7 Å². The Hall–Kier alpha value is -4.13. The van der Waals surface area contributed by atoms with Gasteiger partial charge in [-0.15, -0.1) is 0 Å². The first-order valence-corrected chi connectivity index (χ1v) is 9.43. The summed E-state index contributed by atoms with van der Waals surface area (Å²) < 4.78 is 12.0. The summed E-state index contributed by atoms with van der Waals surface area (Å²) in [6.07, 6.45) is 0. The van der Waals surface area contributed by atoms with Crippen LogP contribution in [-0.4, -0.2) is 22.3 Å². The van der Waals surface area contributed by atoms with Crippen LogP contribution in [0.4, 0.5) is 5.69 Å². The lowest BCUT2D eigenvalue weighted by molar-refractivity contribution is -0.116. The quantitative estimate of drug-likeness (QED) is 0.569. The SMILES string of the molecule is O=C(Cn1c(=O)nc(-c2ccccc2)c2ccccc21)Nc1ccc2c(c1)OCO2. The van der Waals surface area contributed by atoms with Crippen LogP contribution < -0.4 is 20.5 Å². The van der Waals surface area contributed by atoms with Gasteiger partial charge in [0.1, 0.15) is 6.54 Å². The molecule has 148 valence electrons. The van der Waals surface area contributed by atoms with Gasteiger partial charge in [0.2, 0.25) is 12.7 Å². The van der Waals surface area contributed by atoms with Crippen LogP contribution in [0.1, 0.15) is 0 Å². The van der Waals surface area contributed by atoms with Gasteiger partial charge in [-0.25, -0.2) is 4.79 Å². The van der Waals surface area contributed by atoms with Crippen molar-refractivity contribution < 1.29 is 14.3 Å². The van der Waals surface area contributed by atoms with E-state index in [1.807, 2.05) is 54.6 Å². The van der Waals surface area contributed by atoms with E-state index in [0.717, 1.165) is 10.9 Å². The van der Waals surface area contributed by atoms with Gasteiger partial charge < -0.3 is 14.8 Å². The molecule has 0 bridgehead atoms. The minimum Gasteiger partial charge on any atom is -0.454 e. The molecule has 30 heavy (non-hydrogen) atoms. The molecule has 0 saturated heterocycles. The second kappa shape index (κ2) is 7.36. The number of rotatable bonds is 4. The zero-order valence-electron chi connectivity index (χ0n) is 15.9. The third-order valence-electron chi connectivity index (χ3n) is 4.89. The van der Waals surface area contributed by atoms with Crippen LogP contribution >= 0.6 is 0 Å². The van der Waals surface area contributed by atoms with Crippen molar-refractivity contribution in [2.75, 3.05) is 12.1 Å². The Kier molecular flexibility index (Phi) is 4.40. The fraction of sp³-hybridized carbons (Fsp3) is 0.0870. The van der Waals surface area contributed by atoms with Crippen molar-refractivity contribution in [3.63, 3.8) is 0 Å². The number of para-hydroxylation sites is 1. The average Bonchev–Trinajstić information content (AvgIpc) is 3.24. The predicted molar refractivity (Wildman–Crippen MR) is 113 cm³/mol. The van der Waals surface area contributed by atoms with Gasteiger partial charge in [0.15, 0.2) is 11.5 Å². The second-order valence-electron chi connectivity index (χ2n) is 6.83. The van der Waals surface area contributed by atoms with Gasteiger partial charge in [0.05, 0.1) is 11.2 Å². The van der Waals surface area contributed by atoms with Gasteiger partial charge in [-0.3, -0.25) is 9.36 Å². The van der Waals surface area contributed by atoms with Crippen molar-refractivity contribution in [1.82, 2.24) is 9.55 Å². The van der Waals surface area contributed by atoms with Gasteiger partial charge in [0.25, 0.3) is 0 Å².